The minimum atomic E-state index is -0.714. The van der Waals surface area contributed by atoms with Crippen LogP contribution < -0.4 is 11.1 Å². The Morgan fingerprint density at radius 2 is 2.22 bits per heavy atom. The number of anilines is 1. The SMILES string of the molecule is NC(C(=O)Nc1ccc(F)c(Br)c1)c1cccs1. The maximum atomic E-state index is 13.0. The Kier molecular flexibility index (Phi) is 4.11. The van der Waals surface area contributed by atoms with Gasteiger partial charge in [-0.3, -0.25) is 4.79 Å². The number of rotatable bonds is 3. The molecule has 3 N–H and O–H groups in total. The minimum absolute atomic E-state index is 0.296. The highest BCUT2D eigenvalue weighted by atomic mass is 79.9. The zero-order valence-electron chi connectivity index (χ0n) is 9.19. The van der Waals surface area contributed by atoms with Gasteiger partial charge < -0.3 is 11.1 Å². The van der Waals surface area contributed by atoms with Crippen molar-refractivity contribution in [1.82, 2.24) is 0 Å². The first-order valence-electron chi connectivity index (χ1n) is 5.13. The average molecular weight is 329 g/mol. The number of hydrogen-bond acceptors (Lipinski definition) is 3. The Balaban J connectivity index is 2.09. The summed E-state index contributed by atoms with van der Waals surface area (Å²) in [4.78, 5) is 12.7. The maximum absolute atomic E-state index is 13.0. The molecule has 0 aliphatic heterocycles. The average Bonchev–Trinajstić information content (AvgIpc) is 2.86. The van der Waals surface area contributed by atoms with E-state index in [0.29, 0.717) is 10.2 Å². The number of benzene rings is 1. The van der Waals surface area contributed by atoms with Crippen LogP contribution in [0, 0.1) is 5.82 Å². The third-order valence-corrected chi connectivity index (χ3v) is 3.88. The molecule has 0 aliphatic rings. The Hall–Kier alpha value is -1.24. The lowest BCUT2D eigenvalue weighted by atomic mass is 10.2. The summed E-state index contributed by atoms with van der Waals surface area (Å²) in [5, 5.41) is 4.50. The van der Waals surface area contributed by atoms with Crippen LogP contribution in [0.25, 0.3) is 0 Å². The van der Waals surface area contributed by atoms with Crippen LogP contribution in [-0.4, -0.2) is 5.91 Å². The summed E-state index contributed by atoms with van der Waals surface area (Å²) in [6, 6.07) is 7.18. The molecule has 0 aliphatic carbocycles. The Labute approximate surface area is 116 Å². The van der Waals surface area contributed by atoms with Gasteiger partial charge in [0.05, 0.1) is 4.47 Å². The van der Waals surface area contributed by atoms with Gasteiger partial charge in [0.25, 0.3) is 0 Å². The van der Waals surface area contributed by atoms with Gasteiger partial charge in [0.2, 0.25) is 5.91 Å². The molecular weight excluding hydrogens is 319 g/mol. The fraction of sp³-hybridized carbons (Fsp3) is 0.0833. The van der Waals surface area contributed by atoms with E-state index < -0.39 is 6.04 Å². The summed E-state index contributed by atoms with van der Waals surface area (Å²) in [6.45, 7) is 0. The van der Waals surface area contributed by atoms with Gasteiger partial charge in [-0.25, -0.2) is 4.39 Å². The molecular formula is C12H10BrFN2OS. The molecule has 1 aromatic carbocycles. The summed E-state index contributed by atoms with van der Waals surface area (Å²) in [5.41, 5.74) is 6.31. The van der Waals surface area contributed by atoms with Gasteiger partial charge in [0, 0.05) is 10.6 Å². The van der Waals surface area contributed by atoms with Gasteiger partial charge >= 0.3 is 0 Å². The largest absolute Gasteiger partial charge is 0.324 e. The van der Waals surface area contributed by atoms with E-state index in [-0.39, 0.29) is 11.7 Å². The van der Waals surface area contributed by atoms with Crippen LogP contribution in [0.3, 0.4) is 0 Å². The van der Waals surface area contributed by atoms with Crippen molar-refractivity contribution in [3.63, 3.8) is 0 Å². The van der Waals surface area contributed by atoms with Crippen LogP contribution in [0.5, 0.6) is 0 Å². The van der Waals surface area contributed by atoms with E-state index in [1.54, 1.807) is 6.07 Å². The summed E-state index contributed by atoms with van der Waals surface area (Å²) >= 11 is 4.48. The van der Waals surface area contributed by atoms with Crippen LogP contribution >= 0.6 is 27.3 Å². The molecule has 1 amide bonds. The molecule has 94 valence electrons. The Bertz CT molecular complexity index is 559. The molecule has 18 heavy (non-hydrogen) atoms. The van der Waals surface area contributed by atoms with Crippen molar-refractivity contribution in [2.24, 2.45) is 5.73 Å². The third kappa shape index (κ3) is 2.95. The van der Waals surface area contributed by atoms with E-state index in [1.165, 1.54) is 29.5 Å². The number of thiophene rings is 1. The lowest BCUT2D eigenvalue weighted by Crippen LogP contribution is -2.26. The molecule has 0 saturated carbocycles. The van der Waals surface area contributed by atoms with Crippen molar-refractivity contribution in [1.29, 1.82) is 0 Å². The van der Waals surface area contributed by atoms with Crippen molar-refractivity contribution < 1.29 is 9.18 Å². The molecule has 0 saturated heterocycles. The van der Waals surface area contributed by atoms with E-state index >= 15 is 0 Å². The van der Waals surface area contributed by atoms with Gasteiger partial charge in [0.1, 0.15) is 11.9 Å². The Morgan fingerprint density at radius 3 is 2.83 bits per heavy atom. The van der Waals surface area contributed by atoms with Gasteiger partial charge in [-0.15, -0.1) is 11.3 Å². The monoisotopic (exact) mass is 328 g/mol. The van der Waals surface area contributed by atoms with Crippen LogP contribution in [0.4, 0.5) is 10.1 Å². The van der Waals surface area contributed by atoms with E-state index in [9.17, 15) is 9.18 Å². The molecule has 2 aromatic rings. The summed E-state index contributed by atoms with van der Waals surface area (Å²) in [6.07, 6.45) is 0. The molecule has 0 fully saturated rings. The van der Waals surface area contributed by atoms with Crippen LogP contribution in [0.15, 0.2) is 40.2 Å². The standard InChI is InChI=1S/C12H10BrFN2OS/c13-8-6-7(3-4-9(8)14)16-12(17)11(15)10-2-1-5-18-10/h1-6,11H,15H2,(H,16,17). The molecule has 0 spiro atoms. The molecule has 1 unspecified atom stereocenters. The van der Waals surface area contributed by atoms with Gasteiger partial charge in [0.15, 0.2) is 0 Å². The van der Waals surface area contributed by atoms with Crippen molar-refractivity contribution in [3.05, 3.63) is 50.9 Å². The third-order valence-electron chi connectivity index (χ3n) is 2.32. The van der Waals surface area contributed by atoms with Crippen LogP contribution in [0.1, 0.15) is 10.9 Å². The molecule has 0 bridgehead atoms. The summed E-state index contributed by atoms with van der Waals surface area (Å²) in [5.74, 6) is -0.702. The zero-order chi connectivity index (χ0) is 13.1. The predicted molar refractivity (Wildman–Crippen MR) is 74.0 cm³/mol. The van der Waals surface area contributed by atoms with E-state index in [1.807, 2.05) is 11.4 Å². The molecule has 3 nitrogen and oxygen atoms in total. The number of nitrogens with two attached hydrogens (primary N) is 1. The number of nitrogens with one attached hydrogen (secondary N) is 1. The number of amides is 1. The zero-order valence-corrected chi connectivity index (χ0v) is 11.6. The van der Waals surface area contributed by atoms with Gasteiger partial charge in [-0.05, 0) is 45.6 Å². The lowest BCUT2D eigenvalue weighted by molar-refractivity contribution is -0.117. The van der Waals surface area contributed by atoms with Crippen LogP contribution in [-0.2, 0) is 4.79 Å². The van der Waals surface area contributed by atoms with Crippen molar-refractivity contribution in [2.45, 2.75) is 6.04 Å². The highest BCUT2D eigenvalue weighted by Crippen LogP contribution is 2.22. The number of halogens is 2. The fourth-order valence-electron chi connectivity index (χ4n) is 1.39. The maximum Gasteiger partial charge on any atom is 0.246 e. The fourth-order valence-corrected chi connectivity index (χ4v) is 2.50. The summed E-state index contributed by atoms with van der Waals surface area (Å²) in [7, 11) is 0. The van der Waals surface area contributed by atoms with E-state index in [2.05, 4.69) is 21.2 Å². The molecule has 0 radical (unpaired) electrons. The second kappa shape index (κ2) is 5.60. The normalized spacial score (nSPS) is 12.2. The number of carbonyl (C=O) groups excluding carboxylic acids is 1. The van der Waals surface area contributed by atoms with Crippen molar-refractivity contribution in [3.8, 4) is 0 Å². The predicted octanol–water partition coefficient (Wildman–Crippen LogP) is 3.29. The molecule has 1 atom stereocenters. The van der Waals surface area contributed by atoms with E-state index in [0.717, 1.165) is 4.88 Å². The quantitative estimate of drug-likeness (QED) is 0.908. The van der Waals surface area contributed by atoms with Crippen molar-refractivity contribution in [2.75, 3.05) is 5.32 Å². The first kappa shape index (κ1) is 13.2. The lowest BCUT2D eigenvalue weighted by Gasteiger charge is -2.11. The topological polar surface area (TPSA) is 55.1 Å². The highest BCUT2D eigenvalue weighted by Gasteiger charge is 2.16. The number of hydrogen-bond donors (Lipinski definition) is 2. The smallest absolute Gasteiger partial charge is 0.246 e. The van der Waals surface area contributed by atoms with Crippen molar-refractivity contribution >= 4 is 38.9 Å². The minimum Gasteiger partial charge on any atom is -0.324 e. The highest BCUT2D eigenvalue weighted by molar-refractivity contribution is 9.10. The molecule has 6 heteroatoms. The second-order valence-electron chi connectivity index (χ2n) is 3.61. The summed E-state index contributed by atoms with van der Waals surface area (Å²) < 4.78 is 13.3. The van der Waals surface area contributed by atoms with Gasteiger partial charge in [-0.1, -0.05) is 6.07 Å². The van der Waals surface area contributed by atoms with Gasteiger partial charge in [-0.2, -0.15) is 0 Å². The van der Waals surface area contributed by atoms with E-state index in [4.69, 9.17) is 5.73 Å². The number of carbonyl (C=O) groups is 1. The molecule has 1 aromatic heterocycles. The first-order valence-corrected chi connectivity index (χ1v) is 6.80. The molecule has 2 rings (SSSR count). The first-order chi connectivity index (χ1) is 8.58. The second-order valence-corrected chi connectivity index (χ2v) is 5.44. The van der Waals surface area contributed by atoms with Crippen LogP contribution in [0.2, 0.25) is 0 Å². The Morgan fingerprint density at radius 1 is 1.44 bits per heavy atom. The molecule has 1 heterocycles.